The van der Waals surface area contributed by atoms with Gasteiger partial charge in [-0.2, -0.15) is 5.10 Å². The van der Waals surface area contributed by atoms with Crippen LogP contribution in [-0.4, -0.2) is 35.8 Å². The fourth-order valence-corrected chi connectivity index (χ4v) is 1.52. The van der Waals surface area contributed by atoms with Gasteiger partial charge in [0.1, 0.15) is 5.69 Å². The monoisotopic (exact) mass is 195 g/mol. The van der Waals surface area contributed by atoms with Crippen molar-refractivity contribution in [3.8, 4) is 5.75 Å². The number of rotatable bonds is 3. The van der Waals surface area contributed by atoms with Crippen molar-refractivity contribution in [2.24, 2.45) is 13.0 Å². The highest BCUT2D eigenvalue weighted by molar-refractivity contribution is 5.99. The molecule has 5 heteroatoms. The van der Waals surface area contributed by atoms with Crippen molar-refractivity contribution in [3.05, 3.63) is 11.9 Å². The minimum Gasteiger partial charge on any atom is -0.493 e. The summed E-state index contributed by atoms with van der Waals surface area (Å²) >= 11 is 0. The number of ketones is 1. The predicted octanol–water partition coefficient (Wildman–Crippen LogP) is -0.169. The van der Waals surface area contributed by atoms with E-state index < -0.39 is 0 Å². The fraction of sp³-hybridized carbons (Fsp3) is 0.556. The van der Waals surface area contributed by atoms with Gasteiger partial charge in [0, 0.05) is 26.1 Å². The number of nitrogens with zero attached hydrogens (tertiary/aromatic N) is 2. The number of carbonyl (C=O) groups excluding carboxylic acids is 1. The normalized spacial score (nSPS) is 16.4. The summed E-state index contributed by atoms with van der Waals surface area (Å²) in [5, 5.41) is 7.07. The maximum absolute atomic E-state index is 11.9. The van der Waals surface area contributed by atoms with Gasteiger partial charge >= 0.3 is 0 Å². The molecule has 0 spiro atoms. The summed E-state index contributed by atoms with van der Waals surface area (Å²) in [5.41, 5.74) is 0.569. The largest absolute Gasteiger partial charge is 0.493 e. The van der Waals surface area contributed by atoms with Crippen LogP contribution in [0.3, 0.4) is 0 Å². The van der Waals surface area contributed by atoms with Gasteiger partial charge in [0.05, 0.1) is 13.3 Å². The average Bonchev–Trinajstić information content (AvgIpc) is 2.43. The summed E-state index contributed by atoms with van der Waals surface area (Å²) in [7, 11) is 3.30. The molecule has 0 amide bonds. The quantitative estimate of drug-likeness (QED) is 0.680. The van der Waals surface area contributed by atoms with Crippen molar-refractivity contribution in [2.75, 3.05) is 20.2 Å². The lowest BCUT2D eigenvalue weighted by Gasteiger charge is -2.25. The number of aryl methyl sites for hydroxylation is 1. The summed E-state index contributed by atoms with van der Waals surface area (Å²) < 4.78 is 6.65. The molecule has 0 atom stereocenters. The smallest absolute Gasteiger partial charge is 0.190 e. The summed E-state index contributed by atoms with van der Waals surface area (Å²) in [4.78, 5) is 11.9. The van der Waals surface area contributed by atoms with E-state index in [1.165, 1.54) is 0 Å². The number of carbonyl (C=O) groups is 1. The van der Waals surface area contributed by atoms with Crippen LogP contribution < -0.4 is 10.1 Å². The van der Waals surface area contributed by atoms with Gasteiger partial charge in [-0.3, -0.25) is 9.48 Å². The molecule has 1 aliphatic rings. The van der Waals surface area contributed by atoms with E-state index in [-0.39, 0.29) is 11.7 Å². The van der Waals surface area contributed by atoms with E-state index in [1.807, 2.05) is 0 Å². The van der Waals surface area contributed by atoms with E-state index in [1.54, 1.807) is 25.0 Å². The molecule has 2 rings (SSSR count). The molecule has 76 valence electrons. The van der Waals surface area contributed by atoms with Crippen LogP contribution in [0, 0.1) is 5.92 Å². The first-order chi connectivity index (χ1) is 6.74. The zero-order valence-corrected chi connectivity index (χ0v) is 8.28. The first-order valence-corrected chi connectivity index (χ1v) is 4.55. The topological polar surface area (TPSA) is 56.2 Å². The molecular weight excluding hydrogens is 182 g/mol. The Bertz CT molecular complexity index is 355. The Hall–Kier alpha value is -1.36. The molecule has 1 N–H and O–H groups in total. The zero-order valence-electron chi connectivity index (χ0n) is 8.28. The van der Waals surface area contributed by atoms with Gasteiger partial charge in [-0.25, -0.2) is 0 Å². The molecule has 1 fully saturated rings. The van der Waals surface area contributed by atoms with Gasteiger partial charge in [0.2, 0.25) is 0 Å². The number of Topliss-reactive ketones (excluding diaryl/α,β-unsaturated/α-hetero) is 1. The van der Waals surface area contributed by atoms with Crippen molar-refractivity contribution < 1.29 is 9.53 Å². The standard InChI is InChI=1S/C9H13N3O2/c1-12-8(7(14-2)5-11-12)9(13)6-3-10-4-6/h5-6,10H,3-4H2,1-2H3. The van der Waals surface area contributed by atoms with Crippen LogP contribution in [0.2, 0.25) is 0 Å². The van der Waals surface area contributed by atoms with Crippen LogP contribution in [0.5, 0.6) is 5.75 Å². The fourth-order valence-electron chi connectivity index (χ4n) is 1.52. The third-order valence-electron chi connectivity index (χ3n) is 2.51. The van der Waals surface area contributed by atoms with Gasteiger partial charge < -0.3 is 10.1 Å². The molecule has 1 saturated heterocycles. The van der Waals surface area contributed by atoms with Crippen molar-refractivity contribution >= 4 is 5.78 Å². The van der Waals surface area contributed by atoms with Gasteiger partial charge in [-0.05, 0) is 0 Å². The Balaban J connectivity index is 2.28. The number of hydrogen-bond donors (Lipinski definition) is 1. The van der Waals surface area contributed by atoms with E-state index in [9.17, 15) is 4.79 Å². The lowest BCUT2D eigenvalue weighted by atomic mass is 9.95. The van der Waals surface area contributed by atoms with Crippen LogP contribution in [0.4, 0.5) is 0 Å². The molecule has 0 aliphatic carbocycles. The van der Waals surface area contributed by atoms with Crippen LogP contribution in [0.15, 0.2) is 6.20 Å². The van der Waals surface area contributed by atoms with E-state index >= 15 is 0 Å². The SMILES string of the molecule is COc1cnn(C)c1C(=O)C1CNC1. The van der Waals surface area contributed by atoms with Gasteiger partial charge in [-0.15, -0.1) is 0 Å². The van der Waals surface area contributed by atoms with E-state index in [2.05, 4.69) is 10.4 Å². The minimum atomic E-state index is 0.0827. The van der Waals surface area contributed by atoms with E-state index in [0.29, 0.717) is 11.4 Å². The second kappa shape index (κ2) is 3.42. The van der Waals surface area contributed by atoms with E-state index in [4.69, 9.17) is 4.74 Å². The Morgan fingerprint density at radius 1 is 1.71 bits per heavy atom. The third kappa shape index (κ3) is 1.29. The maximum Gasteiger partial charge on any atom is 0.190 e. The summed E-state index contributed by atoms with van der Waals surface area (Å²) in [6.07, 6.45) is 1.57. The van der Waals surface area contributed by atoms with Crippen LogP contribution in [0.1, 0.15) is 10.5 Å². The third-order valence-corrected chi connectivity index (χ3v) is 2.51. The average molecular weight is 195 g/mol. The molecular formula is C9H13N3O2. The zero-order chi connectivity index (χ0) is 10.1. The summed E-state index contributed by atoms with van der Waals surface area (Å²) in [6.45, 7) is 1.51. The predicted molar refractivity (Wildman–Crippen MR) is 50.5 cm³/mol. The van der Waals surface area contributed by atoms with Crippen LogP contribution >= 0.6 is 0 Å². The van der Waals surface area contributed by atoms with Crippen LogP contribution in [-0.2, 0) is 7.05 Å². The molecule has 1 aliphatic heterocycles. The van der Waals surface area contributed by atoms with Crippen LogP contribution in [0.25, 0.3) is 0 Å². The number of ether oxygens (including phenoxy) is 1. The number of methoxy groups -OCH3 is 1. The van der Waals surface area contributed by atoms with Crippen molar-refractivity contribution in [3.63, 3.8) is 0 Å². The number of nitrogens with one attached hydrogen (secondary N) is 1. The molecule has 2 heterocycles. The number of aromatic nitrogens is 2. The highest BCUT2D eigenvalue weighted by atomic mass is 16.5. The minimum absolute atomic E-state index is 0.0827. The Morgan fingerprint density at radius 2 is 2.43 bits per heavy atom. The van der Waals surface area contributed by atoms with Gasteiger partial charge in [-0.1, -0.05) is 0 Å². The molecule has 5 nitrogen and oxygen atoms in total. The summed E-state index contributed by atoms with van der Waals surface area (Å²) in [5.74, 6) is 0.754. The van der Waals surface area contributed by atoms with Crippen molar-refractivity contribution in [1.82, 2.24) is 15.1 Å². The Labute approximate surface area is 82.0 Å². The first-order valence-electron chi connectivity index (χ1n) is 4.55. The molecule has 0 bridgehead atoms. The van der Waals surface area contributed by atoms with Crippen molar-refractivity contribution in [2.45, 2.75) is 0 Å². The highest BCUT2D eigenvalue weighted by Crippen LogP contribution is 2.21. The highest BCUT2D eigenvalue weighted by Gasteiger charge is 2.30. The number of hydrogen-bond acceptors (Lipinski definition) is 4. The Kier molecular flexibility index (Phi) is 2.25. The molecule has 14 heavy (non-hydrogen) atoms. The summed E-state index contributed by atoms with van der Waals surface area (Å²) in [6, 6.07) is 0. The first kappa shape index (κ1) is 9.21. The lowest BCUT2D eigenvalue weighted by Crippen LogP contribution is -2.47. The maximum atomic E-state index is 11.9. The second-order valence-electron chi connectivity index (χ2n) is 3.40. The van der Waals surface area contributed by atoms with Gasteiger partial charge in [0.15, 0.2) is 11.5 Å². The molecule has 0 unspecified atom stereocenters. The molecule has 0 radical (unpaired) electrons. The second-order valence-corrected chi connectivity index (χ2v) is 3.40. The molecule has 1 aromatic heterocycles. The molecule has 0 aromatic carbocycles. The molecule has 0 saturated carbocycles. The van der Waals surface area contributed by atoms with E-state index in [0.717, 1.165) is 13.1 Å². The van der Waals surface area contributed by atoms with Gasteiger partial charge in [0.25, 0.3) is 0 Å². The Morgan fingerprint density at radius 3 is 2.93 bits per heavy atom. The van der Waals surface area contributed by atoms with Crippen molar-refractivity contribution in [1.29, 1.82) is 0 Å². The molecule has 1 aromatic rings. The lowest BCUT2D eigenvalue weighted by molar-refractivity contribution is 0.0865.